The number of methoxy groups -OCH3 is 2. The van der Waals surface area contributed by atoms with Gasteiger partial charge in [-0.05, 0) is 68.1 Å². The van der Waals surface area contributed by atoms with Gasteiger partial charge < -0.3 is 9.47 Å². The molecule has 2 aromatic carbocycles. The number of ketones is 1. The van der Waals surface area contributed by atoms with Crippen molar-refractivity contribution in [2.45, 2.75) is 32.7 Å². The zero-order chi connectivity index (χ0) is 20.5. The monoisotopic (exact) mass is 390 g/mol. The van der Waals surface area contributed by atoms with Crippen LogP contribution in [0.1, 0.15) is 43.0 Å². The van der Waals surface area contributed by atoms with Crippen LogP contribution in [0.4, 0.5) is 0 Å². The highest BCUT2D eigenvalue weighted by Crippen LogP contribution is 2.45. The van der Waals surface area contributed by atoms with Gasteiger partial charge >= 0.3 is 0 Å². The molecule has 0 amide bonds. The molecule has 1 heterocycles. The Morgan fingerprint density at radius 3 is 2.41 bits per heavy atom. The second-order valence-corrected chi connectivity index (χ2v) is 7.61. The van der Waals surface area contributed by atoms with E-state index in [9.17, 15) is 4.79 Å². The molecule has 0 saturated carbocycles. The van der Waals surface area contributed by atoms with Crippen LogP contribution in [0.3, 0.4) is 0 Å². The van der Waals surface area contributed by atoms with Crippen LogP contribution in [0.25, 0.3) is 0 Å². The molecule has 0 fully saturated rings. The van der Waals surface area contributed by atoms with Gasteiger partial charge in [-0.25, -0.2) is 0 Å². The number of fused-ring (bicyclic) bond motifs is 3. The number of hydrazone groups is 1. The van der Waals surface area contributed by atoms with Gasteiger partial charge in [0.1, 0.15) is 11.5 Å². The molecule has 0 unspecified atom stereocenters. The minimum absolute atomic E-state index is 0.0242. The maximum Gasteiger partial charge on any atom is 0.154 e. The lowest BCUT2D eigenvalue weighted by atomic mass is 9.77. The Hall–Kier alpha value is -3.08. The van der Waals surface area contributed by atoms with Gasteiger partial charge in [0.15, 0.2) is 5.78 Å². The van der Waals surface area contributed by atoms with Gasteiger partial charge in [-0.15, -0.1) is 0 Å². The summed E-state index contributed by atoms with van der Waals surface area (Å²) in [7, 11) is 3.36. The molecule has 0 radical (unpaired) electrons. The fraction of sp³-hybridized carbons (Fsp3) is 0.333. The standard InChI is InChI=1S/C24H26N2O3/c1-15(13-16(2)27)26-24(17-5-8-19(28-3)9-6-17)22-11-7-18-14-20(29-4)10-12-21(18)23(22)25-26/h5-6,8-10,12-14,22,24H,7,11H2,1-4H3/b15-13+/t22-,24+/m0/s1. The normalized spacial score (nSPS) is 20.6. The van der Waals surface area contributed by atoms with E-state index in [-0.39, 0.29) is 17.7 Å². The van der Waals surface area contributed by atoms with Crippen molar-refractivity contribution in [1.29, 1.82) is 0 Å². The third-order valence-corrected chi connectivity index (χ3v) is 5.76. The molecule has 1 aliphatic carbocycles. The van der Waals surface area contributed by atoms with Crippen molar-refractivity contribution in [3.8, 4) is 11.5 Å². The minimum Gasteiger partial charge on any atom is -0.497 e. The number of hydrogen-bond donors (Lipinski definition) is 0. The van der Waals surface area contributed by atoms with E-state index >= 15 is 0 Å². The van der Waals surface area contributed by atoms with Crippen molar-refractivity contribution in [1.82, 2.24) is 5.01 Å². The molecule has 4 rings (SSSR count). The van der Waals surface area contributed by atoms with Crippen LogP contribution in [0.2, 0.25) is 0 Å². The van der Waals surface area contributed by atoms with Crippen LogP contribution in [0.5, 0.6) is 11.5 Å². The number of aryl methyl sites for hydroxylation is 1. The van der Waals surface area contributed by atoms with Crippen LogP contribution < -0.4 is 9.47 Å². The van der Waals surface area contributed by atoms with Crippen molar-refractivity contribution >= 4 is 11.5 Å². The Balaban J connectivity index is 1.79. The van der Waals surface area contributed by atoms with Gasteiger partial charge in [-0.1, -0.05) is 12.1 Å². The van der Waals surface area contributed by atoms with Gasteiger partial charge in [0.05, 0.1) is 26.0 Å². The Morgan fingerprint density at radius 1 is 1.07 bits per heavy atom. The molecule has 29 heavy (non-hydrogen) atoms. The fourth-order valence-electron chi connectivity index (χ4n) is 4.42. The van der Waals surface area contributed by atoms with Crippen molar-refractivity contribution in [3.05, 3.63) is 70.9 Å². The highest BCUT2D eigenvalue weighted by Gasteiger charge is 2.42. The fourth-order valence-corrected chi connectivity index (χ4v) is 4.42. The van der Waals surface area contributed by atoms with E-state index in [1.165, 1.54) is 16.7 Å². The quantitative estimate of drug-likeness (QED) is 0.705. The number of ether oxygens (including phenoxy) is 2. The molecule has 0 spiro atoms. The first-order valence-electron chi connectivity index (χ1n) is 9.89. The molecule has 2 aromatic rings. The molecule has 0 aromatic heterocycles. The lowest BCUT2D eigenvalue weighted by Crippen LogP contribution is -2.28. The van der Waals surface area contributed by atoms with Crippen molar-refractivity contribution in [2.24, 2.45) is 11.0 Å². The molecule has 2 atom stereocenters. The van der Waals surface area contributed by atoms with Crippen LogP contribution in [0.15, 0.2) is 59.3 Å². The first kappa shape index (κ1) is 19.2. The Kier molecular flexibility index (Phi) is 5.14. The Labute approximate surface area is 171 Å². The molecule has 5 heteroatoms. The lowest BCUT2D eigenvalue weighted by molar-refractivity contribution is -0.112. The average molecular weight is 390 g/mol. The van der Waals surface area contributed by atoms with E-state index in [1.54, 1.807) is 27.2 Å². The van der Waals surface area contributed by atoms with E-state index in [2.05, 4.69) is 24.3 Å². The van der Waals surface area contributed by atoms with Crippen molar-refractivity contribution in [3.63, 3.8) is 0 Å². The molecule has 5 nitrogen and oxygen atoms in total. The summed E-state index contributed by atoms with van der Waals surface area (Å²) >= 11 is 0. The lowest BCUT2D eigenvalue weighted by Gasteiger charge is -2.31. The van der Waals surface area contributed by atoms with Crippen molar-refractivity contribution in [2.75, 3.05) is 14.2 Å². The molecule has 0 bridgehead atoms. The topological polar surface area (TPSA) is 51.1 Å². The predicted octanol–water partition coefficient (Wildman–Crippen LogP) is 4.52. The van der Waals surface area contributed by atoms with Crippen molar-refractivity contribution < 1.29 is 14.3 Å². The number of allylic oxidation sites excluding steroid dienone is 2. The maximum atomic E-state index is 11.7. The Bertz CT molecular complexity index is 992. The summed E-state index contributed by atoms with van der Waals surface area (Å²) in [5.41, 5.74) is 5.56. The first-order valence-corrected chi connectivity index (χ1v) is 9.89. The van der Waals surface area contributed by atoms with Crippen LogP contribution >= 0.6 is 0 Å². The largest absolute Gasteiger partial charge is 0.497 e. The first-order chi connectivity index (χ1) is 14.0. The molecule has 0 saturated heterocycles. The van der Waals surface area contributed by atoms with E-state index < -0.39 is 0 Å². The van der Waals surface area contributed by atoms with Crippen LogP contribution in [-0.2, 0) is 11.2 Å². The molecular formula is C24H26N2O3. The summed E-state index contributed by atoms with van der Waals surface area (Å²) in [6, 6.07) is 14.4. The number of carbonyl (C=O) groups is 1. The number of rotatable bonds is 5. The summed E-state index contributed by atoms with van der Waals surface area (Å²) in [5.74, 6) is 1.99. The summed E-state index contributed by atoms with van der Waals surface area (Å²) in [6.45, 7) is 3.53. The predicted molar refractivity (Wildman–Crippen MR) is 113 cm³/mol. The molecule has 150 valence electrons. The highest BCUT2D eigenvalue weighted by molar-refractivity contribution is 6.06. The molecule has 0 N–H and O–H groups in total. The average Bonchev–Trinajstić information content (AvgIpc) is 3.13. The number of nitrogens with zero attached hydrogens (tertiary/aromatic N) is 2. The van der Waals surface area contributed by atoms with Gasteiger partial charge in [-0.3, -0.25) is 9.80 Å². The number of benzene rings is 2. The maximum absolute atomic E-state index is 11.7. The summed E-state index contributed by atoms with van der Waals surface area (Å²) in [6.07, 6.45) is 3.64. The number of hydrogen-bond acceptors (Lipinski definition) is 5. The smallest absolute Gasteiger partial charge is 0.154 e. The Morgan fingerprint density at radius 2 is 1.76 bits per heavy atom. The molecular weight excluding hydrogens is 364 g/mol. The number of carbonyl (C=O) groups excluding carboxylic acids is 1. The van der Waals surface area contributed by atoms with Crippen LogP contribution in [-0.4, -0.2) is 30.7 Å². The van der Waals surface area contributed by atoms with E-state index in [0.29, 0.717) is 0 Å². The second kappa shape index (κ2) is 7.74. The third-order valence-electron chi connectivity index (χ3n) is 5.76. The highest BCUT2D eigenvalue weighted by atomic mass is 16.5. The van der Waals surface area contributed by atoms with E-state index in [0.717, 1.165) is 35.7 Å². The SMILES string of the molecule is COc1ccc([C@@H]2[C@H]3CCc4cc(OC)ccc4C3=NN2/C(C)=C/C(C)=O)cc1. The summed E-state index contributed by atoms with van der Waals surface area (Å²) in [5, 5.41) is 7.03. The van der Waals surface area contributed by atoms with Gasteiger partial charge in [0.25, 0.3) is 0 Å². The minimum atomic E-state index is 0.0242. The molecule has 2 aliphatic rings. The van der Waals surface area contributed by atoms with Gasteiger partial charge in [0, 0.05) is 23.3 Å². The summed E-state index contributed by atoms with van der Waals surface area (Å²) in [4.78, 5) is 11.7. The van der Waals surface area contributed by atoms with Gasteiger partial charge in [-0.2, -0.15) is 5.10 Å². The second-order valence-electron chi connectivity index (χ2n) is 7.61. The summed E-state index contributed by atoms with van der Waals surface area (Å²) < 4.78 is 10.7. The van der Waals surface area contributed by atoms with E-state index in [4.69, 9.17) is 14.6 Å². The van der Waals surface area contributed by atoms with Crippen LogP contribution in [0, 0.1) is 5.92 Å². The van der Waals surface area contributed by atoms with Gasteiger partial charge in [0.2, 0.25) is 0 Å². The molecule has 1 aliphatic heterocycles. The third kappa shape index (κ3) is 3.53. The zero-order valence-corrected chi connectivity index (χ0v) is 17.3. The van der Waals surface area contributed by atoms with E-state index in [1.807, 2.05) is 30.1 Å². The zero-order valence-electron chi connectivity index (χ0n) is 17.3.